The molecule has 0 fully saturated rings. The first-order chi connectivity index (χ1) is 4.75. The van der Waals surface area contributed by atoms with E-state index in [9.17, 15) is 0 Å². The van der Waals surface area contributed by atoms with Crippen LogP contribution in [0.1, 0.15) is 0 Å². The van der Waals surface area contributed by atoms with E-state index in [4.69, 9.17) is 5.26 Å². The summed E-state index contributed by atoms with van der Waals surface area (Å²) in [6, 6.07) is 0. The summed E-state index contributed by atoms with van der Waals surface area (Å²) in [6.45, 7) is 0. The highest BCUT2D eigenvalue weighted by atomic mass is 15.1. The highest BCUT2D eigenvalue weighted by Crippen LogP contribution is 1.71. The monoisotopic (exact) mass is 133 g/mol. The lowest BCUT2D eigenvalue weighted by atomic mass is 9.80. The van der Waals surface area contributed by atoms with E-state index in [2.05, 4.69) is 0 Å². The molecule has 0 N–H and O–H groups in total. The average Bonchev–Trinajstić information content (AvgIpc) is 2.20. The Hall–Kier alpha value is -1.24. The molecule has 0 spiro atoms. The largest absolute Gasteiger partial charge is 0.279 e. The summed E-state index contributed by atoms with van der Waals surface area (Å²) >= 11 is 0. The molecule has 0 aliphatic heterocycles. The standard InChI is InChI=1S/C6H8BN3/c1-9-3-4-10(2)6(9)7-5-8/h3-4H,1-2H3. The van der Waals surface area contributed by atoms with Crippen LogP contribution in [0.15, 0.2) is 12.4 Å². The van der Waals surface area contributed by atoms with Crippen LogP contribution >= 0.6 is 0 Å². The van der Waals surface area contributed by atoms with Crippen LogP contribution < -0.4 is 10.3 Å². The van der Waals surface area contributed by atoms with Crippen molar-refractivity contribution in [1.29, 1.82) is 5.26 Å². The molecule has 0 saturated heterocycles. The van der Waals surface area contributed by atoms with E-state index in [1.807, 2.05) is 41.6 Å². The van der Waals surface area contributed by atoms with Gasteiger partial charge >= 0.3 is 0 Å². The number of hydrogen-bond acceptors (Lipinski definition) is 1. The third-order valence-corrected chi connectivity index (χ3v) is 1.43. The molecule has 4 heteroatoms. The molecular formula is C6H8BN3. The minimum Gasteiger partial charge on any atom is -0.279 e. The van der Waals surface area contributed by atoms with Gasteiger partial charge in [0.15, 0.2) is 0 Å². The molecule has 1 rings (SSSR count). The first-order valence-corrected chi connectivity index (χ1v) is 2.99. The van der Waals surface area contributed by atoms with Gasteiger partial charge in [0.25, 0.3) is 0 Å². The molecule has 0 unspecified atom stereocenters. The Morgan fingerprint density at radius 3 is 2.90 bits per heavy atom. The fourth-order valence-electron chi connectivity index (χ4n) is 0.863. The Morgan fingerprint density at radius 1 is 1.80 bits per heavy atom. The van der Waals surface area contributed by atoms with Gasteiger partial charge in [0.2, 0.25) is 0 Å². The van der Waals surface area contributed by atoms with Crippen molar-refractivity contribution in [3.05, 3.63) is 12.4 Å². The van der Waals surface area contributed by atoms with Crippen molar-refractivity contribution in [2.45, 2.75) is 0 Å². The second-order valence-electron chi connectivity index (χ2n) is 2.15. The predicted octanol–water partition coefficient (Wildman–Crippen LogP) is -1.34. The van der Waals surface area contributed by atoms with E-state index in [-0.39, 0.29) is 0 Å². The Kier molecular flexibility index (Phi) is 1.77. The highest BCUT2D eigenvalue weighted by molar-refractivity contribution is 6.58. The van der Waals surface area contributed by atoms with Crippen LogP contribution in [0.25, 0.3) is 0 Å². The summed E-state index contributed by atoms with van der Waals surface area (Å²) in [4.78, 5) is 0. The van der Waals surface area contributed by atoms with Gasteiger partial charge in [-0.05, 0) is 7.28 Å². The van der Waals surface area contributed by atoms with Crippen molar-refractivity contribution in [2.24, 2.45) is 14.1 Å². The number of aryl methyl sites for hydroxylation is 2. The fourth-order valence-corrected chi connectivity index (χ4v) is 0.863. The highest BCUT2D eigenvalue weighted by Gasteiger charge is 1.96. The molecule has 2 radical (unpaired) electrons. The maximum Gasteiger partial charge on any atom is 0.125 e. The summed E-state index contributed by atoms with van der Waals surface area (Å²) in [6.07, 6.45) is 3.81. The third-order valence-electron chi connectivity index (χ3n) is 1.43. The summed E-state index contributed by atoms with van der Waals surface area (Å²) in [5.74, 6) is 1.99. The van der Waals surface area contributed by atoms with Gasteiger partial charge in [0.1, 0.15) is 12.4 Å². The van der Waals surface area contributed by atoms with Gasteiger partial charge in [-0.3, -0.25) is 14.4 Å². The van der Waals surface area contributed by atoms with Gasteiger partial charge in [0.05, 0.1) is 14.1 Å². The number of aromatic nitrogens is 2. The number of rotatable bonds is 1. The van der Waals surface area contributed by atoms with Crippen molar-refractivity contribution in [2.75, 3.05) is 0 Å². The molecule has 0 aliphatic carbocycles. The zero-order chi connectivity index (χ0) is 7.56. The average molecular weight is 133 g/mol. The SMILES string of the molecule is Cn1cc[n+](C)c1[B-]C#N. The number of hydrogen-bond donors (Lipinski definition) is 0. The van der Waals surface area contributed by atoms with Crippen LogP contribution in [-0.2, 0) is 14.1 Å². The molecule has 50 valence electrons. The number of imidazole rings is 1. The molecule has 0 atom stereocenters. The van der Waals surface area contributed by atoms with Crippen LogP contribution in [0.3, 0.4) is 0 Å². The van der Waals surface area contributed by atoms with Gasteiger partial charge in [-0.25, -0.2) is 5.97 Å². The van der Waals surface area contributed by atoms with E-state index in [0.717, 1.165) is 5.72 Å². The number of nitrogens with zero attached hydrogens (tertiary/aromatic N) is 3. The number of nitriles is 1. The molecule has 1 aromatic heterocycles. The smallest absolute Gasteiger partial charge is 0.125 e. The Labute approximate surface area is 60.8 Å². The Bertz CT molecular complexity index is 252. The molecule has 3 nitrogen and oxygen atoms in total. The molecule has 1 heterocycles. The molecule has 0 aliphatic rings. The molecule has 0 saturated carbocycles. The Balaban J connectivity index is 3.01. The van der Waals surface area contributed by atoms with Gasteiger partial charge in [0, 0.05) is 5.72 Å². The van der Waals surface area contributed by atoms with E-state index < -0.39 is 0 Å². The van der Waals surface area contributed by atoms with Crippen molar-refractivity contribution in [3.63, 3.8) is 0 Å². The molecule has 10 heavy (non-hydrogen) atoms. The third kappa shape index (κ3) is 1.03. The predicted molar refractivity (Wildman–Crippen MR) is 37.6 cm³/mol. The van der Waals surface area contributed by atoms with Crippen LogP contribution in [-0.4, -0.2) is 11.8 Å². The second kappa shape index (κ2) is 2.57. The lowest BCUT2D eigenvalue weighted by Gasteiger charge is -2.01. The van der Waals surface area contributed by atoms with E-state index >= 15 is 0 Å². The van der Waals surface area contributed by atoms with Crippen molar-refractivity contribution in [1.82, 2.24) is 4.57 Å². The van der Waals surface area contributed by atoms with E-state index in [0.29, 0.717) is 0 Å². The maximum absolute atomic E-state index is 8.35. The zero-order valence-corrected chi connectivity index (χ0v) is 6.07. The fraction of sp³-hybridized carbons (Fsp3) is 0.333. The minimum absolute atomic E-state index is 0.905. The lowest BCUT2D eigenvalue weighted by Crippen LogP contribution is -2.49. The van der Waals surface area contributed by atoms with Crippen LogP contribution in [0, 0.1) is 11.2 Å². The quantitative estimate of drug-likeness (QED) is 0.344. The van der Waals surface area contributed by atoms with Gasteiger partial charge in [-0.2, -0.15) is 0 Å². The molecule has 0 bridgehead atoms. The van der Waals surface area contributed by atoms with E-state index in [1.165, 1.54) is 7.28 Å². The molecule has 0 aromatic carbocycles. The zero-order valence-electron chi connectivity index (χ0n) is 6.07. The summed E-state index contributed by atoms with van der Waals surface area (Å²) in [5.41, 5.74) is 0.905. The normalized spacial score (nSPS) is 9.30. The van der Waals surface area contributed by atoms with Crippen LogP contribution in [0.2, 0.25) is 0 Å². The molecule has 0 amide bonds. The first-order valence-electron chi connectivity index (χ1n) is 2.99. The second-order valence-corrected chi connectivity index (χ2v) is 2.15. The minimum atomic E-state index is 0.905. The topological polar surface area (TPSA) is 32.6 Å². The summed E-state index contributed by atoms with van der Waals surface area (Å²) in [5, 5.41) is 8.35. The van der Waals surface area contributed by atoms with Crippen molar-refractivity contribution < 1.29 is 4.57 Å². The Morgan fingerprint density at radius 2 is 2.50 bits per heavy atom. The molecule has 1 aromatic rings. The van der Waals surface area contributed by atoms with Crippen molar-refractivity contribution >= 4 is 13.0 Å². The van der Waals surface area contributed by atoms with Gasteiger partial charge in [-0.15, -0.1) is 0 Å². The summed E-state index contributed by atoms with van der Waals surface area (Å²) in [7, 11) is 5.33. The van der Waals surface area contributed by atoms with Crippen LogP contribution in [0.4, 0.5) is 0 Å². The van der Waals surface area contributed by atoms with Crippen LogP contribution in [0.5, 0.6) is 0 Å². The lowest BCUT2D eigenvalue weighted by molar-refractivity contribution is -0.652. The van der Waals surface area contributed by atoms with Crippen molar-refractivity contribution in [3.8, 4) is 5.97 Å². The summed E-state index contributed by atoms with van der Waals surface area (Å²) < 4.78 is 3.78. The van der Waals surface area contributed by atoms with E-state index in [1.54, 1.807) is 0 Å². The molecular weight excluding hydrogens is 125 g/mol. The van der Waals surface area contributed by atoms with Gasteiger partial charge in [-0.1, -0.05) is 0 Å². The van der Waals surface area contributed by atoms with Gasteiger partial charge < -0.3 is 0 Å². The first kappa shape index (κ1) is 6.88. The maximum atomic E-state index is 8.35.